The molecule has 114 valence electrons. The number of nitrogens with one attached hydrogen (secondary N) is 1. The van der Waals surface area contributed by atoms with Crippen LogP contribution in [-0.4, -0.2) is 19.1 Å². The molecule has 2 nitrogen and oxygen atoms in total. The first-order valence-corrected chi connectivity index (χ1v) is 9.06. The summed E-state index contributed by atoms with van der Waals surface area (Å²) in [6.07, 6.45) is 2.46. The number of anilines is 2. The second-order valence-corrected chi connectivity index (χ2v) is 7.22. The van der Waals surface area contributed by atoms with E-state index in [1.807, 2.05) is 11.8 Å². The van der Waals surface area contributed by atoms with Crippen LogP contribution in [-0.2, 0) is 0 Å². The highest BCUT2D eigenvalue weighted by Crippen LogP contribution is 2.50. The van der Waals surface area contributed by atoms with E-state index >= 15 is 0 Å². The van der Waals surface area contributed by atoms with Gasteiger partial charge in [0.2, 0.25) is 0 Å². The van der Waals surface area contributed by atoms with Gasteiger partial charge in [-0.25, -0.2) is 0 Å². The van der Waals surface area contributed by atoms with E-state index < -0.39 is 0 Å². The third-order valence-electron chi connectivity index (χ3n) is 4.86. The maximum absolute atomic E-state index is 3.54. The Balaban J connectivity index is 1.82. The lowest BCUT2D eigenvalue weighted by Gasteiger charge is -2.41. The standard InChI is InChI=1S/C19H22N2S/c1-2-15(14-11-12-20-13-14)21-16-7-3-5-9-18(16)22-19-10-6-4-8-17(19)21/h3-10,14-15,20H,2,11-13H2,1H3. The molecule has 0 aromatic heterocycles. The van der Waals surface area contributed by atoms with Crippen LogP contribution < -0.4 is 10.2 Å². The van der Waals surface area contributed by atoms with Crippen molar-refractivity contribution in [3.05, 3.63) is 48.5 Å². The van der Waals surface area contributed by atoms with Crippen LogP contribution in [0, 0.1) is 5.92 Å². The van der Waals surface area contributed by atoms with E-state index in [1.165, 1.54) is 34.0 Å². The molecule has 3 heteroatoms. The van der Waals surface area contributed by atoms with Crippen LogP contribution in [0.5, 0.6) is 0 Å². The van der Waals surface area contributed by atoms with Gasteiger partial charge in [-0.3, -0.25) is 0 Å². The van der Waals surface area contributed by atoms with Gasteiger partial charge in [0.15, 0.2) is 0 Å². The molecule has 2 aromatic rings. The molecule has 2 aliphatic heterocycles. The summed E-state index contributed by atoms with van der Waals surface area (Å²) in [5, 5.41) is 3.54. The lowest BCUT2D eigenvalue weighted by Crippen LogP contribution is -2.39. The van der Waals surface area contributed by atoms with Crippen molar-refractivity contribution in [2.45, 2.75) is 35.6 Å². The van der Waals surface area contributed by atoms with Gasteiger partial charge < -0.3 is 10.2 Å². The zero-order chi connectivity index (χ0) is 14.9. The van der Waals surface area contributed by atoms with Crippen molar-refractivity contribution in [3.63, 3.8) is 0 Å². The van der Waals surface area contributed by atoms with E-state index in [2.05, 4.69) is 65.7 Å². The zero-order valence-electron chi connectivity index (χ0n) is 13.0. The Kier molecular flexibility index (Phi) is 3.85. The number of rotatable bonds is 3. The summed E-state index contributed by atoms with van der Waals surface area (Å²) in [6, 6.07) is 18.3. The summed E-state index contributed by atoms with van der Waals surface area (Å²) < 4.78 is 0. The van der Waals surface area contributed by atoms with Gasteiger partial charge in [-0.05, 0) is 56.1 Å². The van der Waals surface area contributed by atoms with Crippen molar-refractivity contribution in [2.24, 2.45) is 5.92 Å². The van der Waals surface area contributed by atoms with E-state index in [9.17, 15) is 0 Å². The zero-order valence-corrected chi connectivity index (χ0v) is 13.8. The van der Waals surface area contributed by atoms with Gasteiger partial charge in [-0.15, -0.1) is 0 Å². The maximum atomic E-state index is 3.54. The first kappa shape index (κ1) is 14.2. The molecule has 2 aliphatic rings. The van der Waals surface area contributed by atoms with E-state index in [0.29, 0.717) is 6.04 Å². The lowest BCUT2D eigenvalue weighted by atomic mass is 9.93. The van der Waals surface area contributed by atoms with E-state index in [4.69, 9.17) is 0 Å². The summed E-state index contributed by atoms with van der Waals surface area (Å²) >= 11 is 1.90. The van der Waals surface area contributed by atoms with Crippen molar-refractivity contribution in [1.29, 1.82) is 0 Å². The molecule has 2 heterocycles. The third-order valence-corrected chi connectivity index (χ3v) is 5.99. The predicted molar refractivity (Wildman–Crippen MR) is 94.2 cm³/mol. The summed E-state index contributed by atoms with van der Waals surface area (Å²) in [6.45, 7) is 4.63. The third kappa shape index (κ3) is 2.33. The highest BCUT2D eigenvalue weighted by molar-refractivity contribution is 7.99. The Morgan fingerprint density at radius 3 is 2.27 bits per heavy atom. The minimum atomic E-state index is 0.568. The molecule has 0 radical (unpaired) electrons. The van der Waals surface area contributed by atoms with Crippen LogP contribution in [0.2, 0.25) is 0 Å². The number of benzene rings is 2. The normalized spacial score (nSPS) is 21.3. The Labute approximate surface area is 136 Å². The van der Waals surface area contributed by atoms with Crippen LogP contribution in [0.3, 0.4) is 0 Å². The van der Waals surface area contributed by atoms with Gasteiger partial charge in [-0.1, -0.05) is 43.0 Å². The number of para-hydroxylation sites is 2. The summed E-state index contributed by atoms with van der Waals surface area (Å²) in [4.78, 5) is 5.37. The SMILES string of the molecule is CCC(C1CCNC1)N1c2ccccc2Sc2ccccc21. The number of fused-ring (bicyclic) bond motifs is 2. The van der Waals surface area contributed by atoms with E-state index in [0.717, 1.165) is 19.0 Å². The van der Waals surface area contributed by atoms with Gasteiger partial charge in [0.25, 0.3) is 0 Å². The quantitative estimate of drug-likeness (QED) is 0.886. The van der Waals surface area contributed by atoms with Gasteiger partial charge in [0, 0.05) is 15.8 Å². The number of nitrogens with zero attached hydrogens (tertiary/aromatic N) is 1. The molecule has 0 amide bonds. The van der Waals surface area contributed by atoms with Crippen LogP contribution in [0.25, 0.3) is 0 Å². The molecule has 22 heavy (non-hydrogen) atoms. The first-order valence-electron chi connectivity index (χ1n) is 8.24. The smallest absolute Gasteiger partial charge is 0.0555 e. The van der Waals surface area contributed by atoms with E-state index in [1.54, 1.807) is 0 Å². The minimum Gasteiger partial charge on any atom is -0.336 e. The average Bonchev–Trinajstić information content (AvgIpc) is 3.09. The molecule has 0 saturated carbocycles. The van der Waals surface area contributed by atoms with Crippen LogP contribution in [0.4, 0.5) is 11.4 Å². The monoisotopic (exact) mass is 310 g/mol. The van der Waals surface area contributed by atoms with Crippen LogP contribution in [0.1, 0.15) is 19.8 Å². The van der Waals surface area contributed by atoms with Crippen LogP contribution in [0.15, 0.2) is 58.3 Å². The number of hydrogen-bond donors (Lipinski definition) is 1. The molecule has 1 N–H and O–H groups in total. The fraction of sp³-hybridized carbons (Fsp3) is 0.368. The Hall–Kier alpha value is -1.45. The molecule has 2 atom stereocenters. The van der Waals surface area contributed by atoms with Crippen molar-refractivity contribution in [3.8, 4) is 0 Å². The first-order chi connectivity index (χ1) is 10.9. The molecule has 4 rings (SSSR count). The Bertz CT molecular complexity index is 618. The van der Waals surface area contributed by atoms with Crippen LogP contribution >= 0.6 is 11.8 Å². The van der Waals surface area contributed by atoms with Crippen molar-refractivity contribution in [1.82, 2.24) is 5.32 Å². The minimum absolute atomic E-state index is 0.568. The molecule has 0 aliphatic carbocycles. The molecule has 0 bridgehead atoms. The van der Waals surface area contributed by atoms with Crippen molar-refractivity contribution < 1.29 is 0 Å². The molecule has 1 saturated heterocycles. The fourth-order valence-electron chi connectivity index (χ4n) is 3.82. The molecule has 0 spiro atoms. The molecule has 2 unspecified atom stereocenters. The highest BCUT2D eigenvalue weighted by Gasteiger charge is 2.33. The van der Waals surface area contributed by atoms with Gasteiger partial charge in [0.1, 0.15) is 0 Å². The highest BCUT2D eigenvalue weighted by atomic mass is 32.2. The molecule has 2 aromatic carbocycles. The molecular formula is C19H22N2S. The summed E-state index contributed by atoms with van der Waals surface area (Å²) in [7, 11) is 0. The predicted octanol–water partition coefficient (Wildman–Crippen LogP) is 4.68. The second kappa shape index (κ2) is 5.98. The topological polar surface area (TPSA) is 15.3 Å². The maximum Gasteiger partial charge on any atom is 0.0555 e. The largest absolute Gasteiger partial charge is 0.336 e. The van der Waals surface area contributed by atoms with Crippen molar-refractivity contribution in [2.75, 3.05) is 18.0 Å². The summed E-state index contributed by atoms with van der Waals surface area (Å²) in [5.41, 5.74) is 2.76. The second-order valence-electron chi connectivity index (χ2n) is 6.14. The van der Waals surface area contributed by atoms with Crippen molar-refractivity contribution >= 4 is 23.1 Å². The average molecular weight is 310 g/mol. The molecule has 1 fully saturated rings. The van der Waals surface area contributed by atoms with Gasteiger partial charge in [-0.2, -0.15) is 0 Å². The van der Waals surface area contributed by atoms with Gasteiger partial charge in [0.05, 0.1) is 11.4 Å². The fourth-order valence-corrected chi connectivity index (χ4v) is 4.89. The van der Waals surface area contributed by atoms with Gasteiger partial charge >= 0.3 is 0 Å². The summed E-state index contributed by atoms with van der Waals surface area (Å²) in [5.74, 6) is 0.731. The number of hydrogen-bond acceptors (Lipinski definition) is 3. The van der Waals surface area contributed by atoms with E-state index in [-0.39, 0.29) is 0 Å². The lowest BCUT2D eigenvalue weighted by molar-refractivity contribution is 0.434. The Morgan fingerprint density at radius 1 is 1.09 bits per heavy atom. The molecular weight excluding hydrogens is 288 g/mol. The Morgan fingerprint density at radius 2 is 1.73 bits per heavy atom.